The SMILES string of the molecule is C1=CC2=c3ccccc3=CC(c3nc(-c4cc5ccccc5c5ccccc45)nc(-c4cc(-c5ccc(-c6ccccc6)cc5)cc5oc6ccccc6c45)n3)C2C=C1. The minimum atomic E-state index is -0.126. The van der Waals surface area contributed by atoms with Gasteiger partial charge < -0.3 is 4.42 Å². The van der Waals surface area contributed by atoms with Crippen LogP contribution in [0.25, 0.3) is 100 Å². The zero-order valence-corrected chi connectivity index (χ0v) is 32.0. The van der Waals surface area contributed by atoms with Crippen molar-refractivity contribution in [1.82, 2.24) is 15.0 Å². The molecular formula is C55H35N3O. The lowest BCUT2D eigenvalue weighted by Gasteiger charge is -2.27. The van der Waals surface area contributed by atoms with Gasteiger partial charge in [-0.2, -0.15) is 0 Å². The van der Waals surface area contributed by atoms with Gasteiger partial charge in [-0.3, -0.25) is 0 Å². The number of allylic oxidation sites excluding steroid dienone is 4. The highest BCUT2D eigenvalue weighted by molar-refractivity contribution is 6.14. The van der Waals surface area contributed by atoms with Gasteiger partial charge in [0, 0.05) is 33.7 Å². The summed E-state index contributed by atoms with van der Waals surface area (Å²) in [5.74, 6) is 1.94. The van der Waals surface area contributed by atoms with Crippen LogP contribution in [0.15, 0.2) is 199 Å². The van der Waals surface area contributed by atoms with Crippen LogP contribution in [-0.2, 0) is 0 Å². The van der Waals surface area contributed by atoms with E-state index in [9.17, 15) is 0 Å². The first kappa shape index (κ1) is 33.4. The lowest BCUT2D eigenvalue weighted by molar-refractivity contribution is 0.669. The predicted molar refractivity (Wildman–Crippen MR) is 242 cm³/mol. The molecule has 2 atom stereocenters. The van der Waals surface area contributed by atoms with Crippen molar-refractivity contribution >= 4 is 55.1 Å². The molecule has 0 bridgehead atoms. The van der Waals surface area contributed by atoms with Gasteiger partial charge in [0.05, 0.1) is 0 Å². The number of aromatic nitrogens is 3. The molecule has 0 spiro atoms. The van der Waals surface area contributed by atoms with Crippen molar-refractivity contribution in [3.8, 4) is 45.0 Å². The maximum atomic E-state index is 6.65. The number of furan rings is 1. The number of nitrogens with zero attached hydrogens (tertiary/aromatic N) is 3. The van der Waals surface area contributed by atoms with E-state index in [2.05, 4.69) is 182 Å². The van der Waals surface area contributed by atoms with Gasteiger partial charge in [-0.25, -0.2) is 15.0 Å². The molecule has 0 saturated carbocycles. The van der Waals surface area contributed by atoms with Crippen LogP contribution in [0.1, 0.15) is 11.7 Å². The van der Waals surface area contributed by atoms with Gasteiger partial charge in [0.1, 0.15) is 17.0 Å². The van der Waals surface area contributed by atoms with Gasteiger partial charge in [-0.05, 0) is 84.1 Å². The second-order valence-corrected chi connectivity index (χ2v) is 15.5. The molecule has 4 nitrogen and oxygen atoms in total. The van der Waals surface area contributed by atoms with Crippen LogP contribution in [-0.4, -0.2) is 15.0 Å². The molecule has 2 aliphatic rings. The zero-order chi connectivity index (χ0) is 38.9. The minimum absolute atomic E-state index is 0.0654. The Morgan fingerprint density at radius 3 is 1.95 bits per heavy atom. The number of fused-ring (bicyclic) bond motifs is 8. The molecular weight excluding hydrogens is 719 g/mol. The molecule has 0 aliphatic heterocycles. The van der Waals surface area contributed by atoms with E-state index in [1.807, 2.05) is 18.2 Å². The smallest absolute Gasteiger partial charge is 0.164 e. The molecule has 8 aromatic carbocycles. The summed E-state index contributed by atoms with van der Waals surface area (Å²) in [4.78, 5) is 16.5. The Hall–Kier alpha value is -7.69. The Morgan fingerprint density at radius 2 is 1.10 bits per heavy atom. The van der Waals surface area contributed by atoms with E-state index in [1.165, 1.54) is 37.9 Å². The number of hydrogen-bond donors (Lipinski definition) is 0. The first-order valence-corrected chi connectivity index (χ1v) is 20.2. The Balaban J connectivity index is 1.14. The molecule has 4 heteroatoms. The third kappa shape index (κ3) is 5.56. The van der Waals surface area contributed by atoms with Crippen LogP contribution in [0.4, 0.5) is 0 Å². The molecule has 2 unspecified atom stereocenters. The van der Waals surface area contributed by atoms with Crippen LogP contribution < -0.4 is 10.4 Å². The van der Waals surface area contributed by atoms with Crippen molar-refractivity contribution in [3.63, 3.8) is 0 Å². The first-order chi connectivity index (χ1) is 29.2. The van der Waals surface area contributed by atoms with Crippen molar-refractivity contribution < 1.29 is 4.42 Å². The fourth-order valence-corrected chi connectivity index (χ4v) is 9.28. The number of para-hydroxylation sites is 1. The molecule has 59 heavy (non-hydrogen) atoms. The van der Waals surface area contributed by atoms with Crippen LogP contribution in [0.3, 0.4) is 0 Å². The third-order valence-corrected chi connectivity index (χ3v) is 12.1. The number of hydrogen-bond acceptors (Lipinski definition) is 4. The van der Waals surface area contributed by atoms with Gasteiger partial charge in [0.25, 0.3) is 0 Å². The molecule has 12 rings (SSSR count). The van der Waals surface area contributed by atoms with E-state index in [1.54, 1.807) is 0 Å². The monoisotopic (exact) mass is 753 g/mol. The topological polar surface area (TPSA) is 51.8 Å². The van der Waals surface area contributed by atoms with Crippen molar-refractivity contribution in [1.29, 1.82) is 0 Å². The second kappa shape index (κ2) is 13.5. The predicted octanol–water partition coefficient (Wildman–Crippen LogP) is 12.2. The molecule has 0 saturated heterocycles. The third-order valence-electron chi connectivity index (χ3n) is 12.1. The highest BCUT2D eigenvalue weighted by atomic mass is 16.3. The van der Waals surface area contributed by atoms with Crippen molar-refractivity contribution in [3.05, 3.63) is 210 Å². The van der Waals surface area contributed by atoms with Gasteiger partial charge in [0.2, 0.25) is 0 Å². The van der Waals surface area contributed by atoms with Gasteiger partial charge in [-0.15, -0.1) is 0 Å². The first-order valence-electron chi connectivity index (χ1n) is 20.2. The van der Waals surface area contributed by atoms with Crippen molar-refractivity contribution in [2.45, 2.75) is 5.92 Å². The summed E-state index contributed by atoms with van der Waals surface area (Å²) in [7, 11) is 0. The van der Waals surface area contributed by atoms with E-state index in [0.29, 0.717) is 11.6 Å². The second-order valence-electron chi connectivity index (χ2n) is 15.5. The summed E-state index contributed by atoms with van der Waals surface area (Å²) in [5, 5.41) is 9.07. The van der Waals surface area contributed by atoms with Gasteiger partial charge >= 0.3 is 0 Å². The molecule has 2 aromatic heterocycles. The maximum Gasteiger partial charge on any atom is 0.164 e. The highest BCUT2D eigenvalue weighted by Gasteiger charge is 2.30. The lowest BCUT2D eigenvalue weighted by atomic mass is 9.78. The molecule has 2 aliphatic carbocycles. The Kier molecular flexibility index (Phi) is 7.63. The lowest BCUT2D eigenvalue weighted by Crippen LogP contribution is -2.35. The largest absolute Gasteiger partial charge is 0.456 e. The minimum Gasteiger partial charge on any atom is -0.456 e. The Morgan fingerprint density at radius 1 is 0.441 bits per heavy atom. The summed E-state index contributed by atoms with van der Waals surface area (Å²) in [6.45, 7) is 0. The Bertz CT molecular complexity index is 3510. The summed E-state index contributed by atoms with van der Waals surface area (Å²) in [6, 6.07) is 60.0. The molecule has 276 valence electrons. The van der Waals surface area contributed by atoms with Crippen LogP contribution in [0.5, 0.6) is 0 Å². The zero-order valence-electron chi connectivity index (χ0n) is 32.0. The average molecular weight is 754 g/mol. The van der Waals surface area contributed by atoms with Crippen LogP contribution in [0, 0.1) is 5.92 Å². The average Bonchev–Trinajstić information content (AvgIpc) is 3.69. The van der Waals surface area contributed by atoms with Crippen LogP contribution >= 0.6 is 0 Å². The quantitative estimate of drug-likeness (QED) is 0.164. The van der Waals surface area contributed by atoms with E-state index < -0.39 is 0 Å². The van der Waals surface area contributed by atoms with E-state index in [4.69, 9.17) is 19.4 Å². The Labute approximate surface area is 340 Å². The van der Waals surface area contributed by atoms with Gasteiger partial charge in [-0.1, -0.05) is 176 Å². The molecule has 0 N–H and O–H groups in total. The summed E-state index contributed by atoms with van der Waals surface area (Å²) >= 11 is 0. The number of benzene rings is 8. The van der Waals surface area contributed by atoms with Crippen LogP contribution in [0.2, 0.25) is 0 Å². The fraction of sp³-hybridized carbons (Fsp3) is 0.0364. The van der Waals surface area contributed by atoms with Crippen molar-refractivity contribution in [2.75, 3.05) is 0 Å². The molecule has 0 amide bonds. The maximum absolute atomic E-state index is 6.65. The molecule has 2 heterocycles. The molecule has 0 fully saturated rings. The summed E-state index contributed by atoms with van der Waals surface area (Å²) in [5.41, 5.74) is 9.24. The van der Waals surface area contributed by atoms with Gasteiger partial charge in [0.15, 0.2) is 11.6 Å². The van der Waals surface area contributed by atoms with Crippen molar-refractivity contribution in [2.24, 2.45) is 5.92 Å². The highest BCUT2D eigenvalue weighted by Crippen LogP contribution is 2.42. The normalized spacial score (nSPS) is 15.8. The fourth-order valence-electron chi connectivity index (χ4n) is 9.28. The van der Waals surface area contributed by atoms with E-state index in [0.717, 1.165) is 60.8 Å². The van der Waals surface area contributed by atoms with E-state index in [-0.39, 0.29) is 11.8 Å². The standard InChI is InChI=1S/C55H35N3O/c1-2-14-34(15-3-1)35-26-28-36(29-27-35)39-32-49(52-46-24-12-13-25-50(46)59-51(52)33-39)55-57-53(47-30-37-16-4-6-18-40(37)42-20-8-10-22-44(42)47)56-54(58-55)48-31-38-17-5-7-19-41(38)43-21-9-11-23-45(43)48/h1-33,44,47H. The number of rotatable bonds is 5. The summed E-state index contributed by atoms with van der Waals surface area (Å²) < 4.78 is 6.65. The molecule has 10 aromatic rings. The molecule has 0 radical (unpaired) electrons. The van der Waals surface area contributed by atoms with E-state index >= 15 is 0 Å². The summed E-state index contributed by atoms with van der Waals surface area (Å²) in [6.07, 6.45) is 11.2.